The molecule has 1 fully saturated rings. The molecule has 6 nitrogen and oxygen atoms in total. The van der Waals surface area contributed by atoms with E-state index >= 15 is 0 Å². The molecule has 0 radical (unpaired) electrons. The van der Waals surface area contributed by atoms with E-state index in [-0.39, 0.29) is 22.5 Å². The van der Waals surface area contributed by atoms with Crippen LogP contribution in [0.15, 0.2) is 12.1 Å². The van der Waals surface area contributed by atoms with Crippen molar-refractivity contribution in [3.63, 3.8) is 0 Å². The molecule has 1 aromatic rings. The fourth-order valence-electron chi connectivity index (χ4n) is 2.25. The number of carbonyl (C=O) groups excluding carboxylic acids is 2. The van der Waals surface area contributed by atoms with E-state index in [0.717, 1.165) is 0 Å². The molecule has 2 amide bonds. The third kappa shape index (κ3) is 2.95. The van der Waals surface area contributed by atoms with E-state index in [1.54, 1.807) is 26.0 Å². The zero-order valence-corrected chi connectivity index (χ0v) is 13.1. The number of nitrogens with zero attached hydrogens (tertiary/aromatic N) is 2. The summed E-state index contributed by atoms with van der Waals surface area (Å²) in [6.07, 6.45) is 0. The van der Waals surface area contributed by atoms with Gasteiger partial charge in [-0.25, -0.2) is 4.98 Å². The number of piperazine rings is 1. The molecule has 2 rings (SSSR count). The fourth-order valence-corrected chi connectivity index (χ4v) is 2.44. The zero-order chi connectivity index (χ0) is 15.6. The molecule has 1 aliphatic heterocycles. The number of halogens is 1. The summed E-state index contributed by atoms with van der Waals surface area (Å²) in [5.74, 6) is 0.0742. The predicted octanol–water partition coefficient (Wildman–Crippen LogP) is 1.52. The molecule has 114 valence electrons. The molecule has 0 aliphatic carbocycles. The van der Waals surface area contributed by atoms with E-state index in [1.165, 1.54) is 4.90 Å². The Balaban J connectivity index is 2.35. The van der Waals surface area contributed by atoms with Crippen LogP contribution in [0.3, 0.4) is 0 Å². The van der Waals surface area contributed by atoms with Crippen LogP contribution in [-0.2, 0) is 4.79 Å². The molecule has 0 saturated carbocycles. The zero-order valence-electron chi connectivity index (χ0n) is 12.4. The molecule has 1 saturated heterocycles. The van der Waals surface area contributed by atoms with Crippen LogP contribution in [0.25, 0.3) is 0 Å². The Kier molecular flexibility index (Phi) is 4.37. The second-order valence-corrected chi connectivity index (χ2v) is 5.74. The SMILES string of the molecule is CCNc1ccc(Cl)c(C(=O)N2CCNC(=O)C2(C)C)n1. The van der Waals surface area contributed by atoms with Gasteiger partial charge in [0.15, 0.2) is 0 Å². The molecule has 21 heavy (non-hydrogen) atoms. The fraction of sp³-hybridized carbons (Fsp3) is 0.500. The monoisotopic (exact) mass is 310 g/mol. The number of aromatic nitrogens is 1. The summed E-state index contributed by atoms with van der Waals surface area (Å²) in [7, 11) is 0. The summed E-state index contributed by atoms with van der Waals surface area (Å²) in [5, 5.41) is 6.08. The second kappa shape index (κ2) is 5.89. The van der Waals surface area contributed by atoms with Crippen LogP contribution < -0.4 is 10.6 Å². The smallest absolute Gasteiger partial charge is 0.275 e. The summed E-state index contributed by atoms with van der Waals surface area (Å²) >= 11 is 6.10. The van der Waals surface area contributed by atoms with Crippen LogP contribution >= 0.6 is 11.6 Å². The van der Waals surface area contributed by atoms with Gasteiger partial charge in [0.1, 0.15) is 17.1 Å². The number of anilines is 1. The predicted molar refractivity (Wildman–Crippen MR) is 81.5 cm³/mol. The normalized spacial score (nSPS) is 17.3. The summed E-state index contributed by atoms with van der Waals surface area (Å²) in [6, 6.07) is 3.35. The average Bonchev–Trinajstić information content (AvgIpc) is 2.43. The number of pyridine rings is 1. The molecule has 7 heteroatoms. The van der Waals surface area contributed by atoms with Gasteiger partial charge in [-0.15, -0.1) is 0 Å². The first-order chi connectivity index (χ1) is 9.87. The highest BCUT2D eigenvalue weighted by atomic mass is 35.5. The highest BCUT2D eigenvalue weighted by molar-refractivity contribution is 6.33. The first-order valence-electron chi connectivity index (χ1n) is 6.88. The lowest BCUT2D eigenvalue weighted by molar-refractivity contribution is -0.133. The van der Waals surface area contributed by atoms with Crippen LogP contribution in [0, 0.1) is 0 Å². The average molecular weight is 311 g/mol. The van der Waals surface area contributed by atoms with Crippen molar-refractivity contribution in [3.8, 4) is 0 Å². The van der Waals surface area contributed by atoms with Gasteiger partial charge >= 0.3 is 0 Å². The Morgan fingerprint density at radius 1 is 1.52 bits per heavy atom. The van der Waals surface area contributed by atoms with Crippen molar-refractivity contribution in [1.29, 1.82) is 0 Å². The molecule has 1 aliphatic rings. The van der Waals surface area contributed by atoms with E-state index in [4.69, 9.17) is 11.6 Å². The lowest BCUT2D eigenvalue weighted by Gasteiger charge is -2.41. The maximum Gasteiger partial charge on any atom is 0.275 e. The van der Waals surface area contributed by atoms with Crippen molar-refractivity contribution in [2.24, 2.45) is 0 Å². The van der Waals surface area contributed by atoms with E-state index in [2.05, 4.69) is 15.6 Å². The molecule has 0 atom stereocenters. The van der Waals surface area contributed by atoms with Crippen molar-refractivity contribution in [3.05, 3.63) is 22.8 Å². The Labute approximate surface area is 128 Å². The summed E-state index contributed by atoms with van der Waals surface area (Å²) in [5.41, 5.74) is -0.757. The van der Waals surface area contributed by atoms with Crippen molar-refractivity contribution in [1.82, 2.24) is 15.2 Å². The number of carbonyl (C=O) groups is 2. The minimum Gasteiger partial charge on any atom is -0.370 e. The van der Waals surface area contributed by atoms with Crippen LogP contribution in [0.5, 0.6) is 0 Å². The number of nitrogens with one attached hydrogen (secondary N) is 2. The van der Waals surface area contributed by atoms with Crippen molar-refractivity contribution in [2.75, 3.05) is 25.0 Å². The molecule has 2 N–H and O–H groups in total. The first-order valence-corrected chi connectivity index (χ1v) is 7.26. The third-order valence-electron chi connectivity index (χ3n) is 3.50. The minimum absolute atomic E-state index is 0.165. The van der Waals surface area contributed by atoms with Gasteiger partial charge in [-0.3, -0.25) is 9.59 Å². The Bertz CT molecular complexity index is 574. The summed E-state index contributed by atoms with van der Waals surface area (Å²) < 4.78 is 0. The van der Waals surface area contributed by atoms with Crippen molar-refractivity contribution in [2.45, 2.75) is 26.3 Å². The molecule has 0 spiro atoms. The number of hydrogen-bond donors (Lipinski definition) is 2. The molecule has 2 heterocycles. The van der Waals surface area contributed by atoms with E-state index < -0.39 is 5.54 Å². The van der Waals surface area contributed by atoms with Gasteiger partial charge in [-0.1, -0.05) is 11.6 Å². The number of hydrogen-bond acceptors (Lipinski definition) is 4. The topological polar surface area (TPSA) is 74.3 Å². The van der Waals surface area contributed by atoms with Crippen LogP contribution in [-0.4, -0.2) is 46.9 Å². The highest BCUT2D eigenvalue weighted by Crippen LogP contribution is 2.24. The van der Waals surface area contributed by atoms with Crippen LogP contribution in [0.1, 0.15) is 31.3 Å². The highest BCUT2D eigenvalue weighted by Gasteiger charge is 2.41. The van der Waals surface area contributed by atoms with Crippen LogP contribution in [0.4, 0.5) is 5.82 Å². The molecule has 0 aromatic carbocycles. The Morgan fingerprint density at radius 3 is 2.90 bits per heavy atom. The number of rotatable bonds is 3. The molecule has 0 bridgehead atoms. The number of amides is 2. The lowest BCUT2D eigenvalue weighted by Crippen LogP contribution is -2.63. The van der Waals surface area contributed by atoms with Gasteiger partial charge < -0.3 is 15.5 Å². The molecular formula is C14H19ClN4O2. The van der Waals surface area contributed by atoms with Gasteiger partial charge in [0.2, 0.25) is 5.91 Å². The van der Waals surface area contributed by atoms with E-state index in [1.807, 2.05) is 6.92 Å². The standard InChI is InChI=1S/C14H19ClN4O2/c1-4-16-10-6-5-9(15)11(18-10)12(20)19-8-7-17-13(21)14(19,2)3/h5-6H,4,7-8H2,1-3H3,(H,16,18)(H,17,21). The van der Waals surface area contributed by atoms with Gasteiger partial charge in [-0.05, 0) is 32.9 Å². The van der Waals surface area contributed by atoms with Gasteiger partial charge in [0.25, 0.3) is 5.91 Å². The van der Waals surface area contributed by atoms with Gasteiger partial charge in [0.05, 0.1) is 5.02 Å². The maximum absolute atomic E-state index is 12.7. The Morgan fingerprint density at radius 2 is 2.24 bits per heavy atom. The third-order valence-corrected chi connectivity index (χ3v) is 3.81. The van der Waals surface area contributed by atoms with Gasteiger partial charge in [0, 0.05) is 19.6 Å². The first kappa shape index (κ1) is 15.6. The molecule has 1 aromatic heterocycles. The minimum atomic E-state index is -0.922. The summed E-state index contributed by atoms with van der Waals surface area (Å²) in [6.45, 7) is 6.91. The Hall–Kier alpha value is -1.82. The molecule has 0 unspecified atom stereocenters. The molecular weight excluding hydrogens is 292 g/mol. The van der Waals surface area contributed by atoms with E-state index in [0.29, 0.717) is 25.5 Å². The maximum atomic E-state index is 12.7. The quantitative estimate of drug-likeness (QED) is 0.887. The van der Waals surface area contributed by atoms with E-state index in [9.17, 15) is 9.59 Å². The largest absolute Gasteiger partial charge is 0.370 e. The second-order valence-electron chi connectivity index (χ2n) is 5.33. The van der Waals surface area contributed by atoms with Gasteiger partial charge in [-0.2, -0.15) is 0 Å². The van der Waals surface area contributed by atoms with Crippen LogP contribution in [0.2, 0.25) is 5.02 Å². The van der Waals surface area contributed by atoms with Crippen molar-refractivity contribution < 1.29 is 9.59 Å². The summed E-state index contributed by atoms with van der Waals surface area (Å²) in [4.78, 5) is 30.4. The lowest BCUT2D eigenvalue weighted by atomic mass is 9.98. The van der Waals surface area contributed by atoms with Crippen molar-refractivity contribution >= 4 is 29.2 Å².